The number of aryl methyl sites for hydroxylation is 1. The fourth-order valence-corrected chi connectivity index (χ4v) is 2.64. The largest absolute Gasteiger partial charge is 0.491 e. The third-order valence-electron chi connectivity index (χ3n) is 3.94. The lowest BCUT2D eigenvalue weighted by atomic mass is 10.0. The van der Waals surface area contributed by atoms with Gasteiger partial charge in [0.1, 0.15) is 18.4 Å². The molecule has 3 N–H and O–H groups in total. The number of rotatable bonds is 3. The molecule has 3 rings (SSSR count). The molecular weight excluding hydrogens is 312 g/mol. The Morgan fingerprint density at radius 2 is 1.91 bits per heavy atom. The normalized spacial score (nSPS) is 17.2. The molecule has 122 valence electrons. The molecule has 1 aliphatic heterocycles. The van der Waals surface area contributed by atoms with Gasteiger partial charge in [0, 0.05) is 0 Å². The van der Waals surface area contributed by atoms with Crippen LogP contribution in [0.15, 0.2) is 48.5 Å². The molecule has 1 aliphatic rings. The van der Waals surface area contributed by atoms with E-state index in [0.29, 0.717) is 6.61 Å². The lowest BCUT2D eigenvalue weighted by molar-refractivity contribution is -0.123. The van der Waals surface area contributed by atoms with Crippen LogP contribution in [0, 0.1) is 6.92 Å². The Kier molecular flexibility index (Phi) is 5.64. The highest BCUT2D eigenvalue weighted by Crippen LogP contribution is 2.24. The number of nitrogens with one attached hydrogen (secondary N) is 1. The van der Waals surface area contributed by atoms with Crippen molar-refractivity contribution in [1.82, 2.24) is 5.32 Å². The first-order valence-electron chi connectivity index (χ1n) is 7.47. The molecule has 1 heterocycles. The van der Waals surface area contributed by atoms with Gasteiger partial charge in [0.25, 0.3) is 0 Å². The van der Waals surface area contributed by atoms with E-state index in [1.807, 2.05) is 55.5 Å². The van der Waals surface area contributed by atoms with Crippen LogP contribution < -0.4 is 15.8 Å². The van der Waals surface area contributed by atoms with Crippen LogP contribution in [0.1, 0.15) is 22.7 Å². The van der Waals surface area contributed by atoms with Crippen LogP contribution in [0.2, 0.25) is 0 Å². The summed E-state index contributed by atoms with van der Waals surface area (Å²) in [5.74, 6) is 0.729. The molecular formula is C18H21ClN2O2. The van der Waals surface area contributed by atoms with E-state index in [1.165, 1.54) is 0 Å². The first kappa shape index (κ1) is 17.3. The van der Waals surface area contributed by atoms with Crippen LogP contribution in [-0.2, 0) is 11.2 Å². The van der Waals surface area contributed by atoms with Crippen molar-refractivity contribution in [3.8, 4) is 5.75 Å². The summed E-state index contributed by atoms with van der Waals surface area (Å²) in [6.07, 6.45) is 0.766. The van der Waals surface area contributed by atoms with E-state index in [4.69, 9.17) is 10.5 Å². The van der Waals surface area contributed by atoms with Crippen LogP contribution in [0.4, 0.5) is 0 Å². The Morgan fingerprint density at radius 1 is 1.22 bits per heavy atom. The maximum Gasteiger partial charge on any atom is 0.241 e. The molecule has 2 aromatic rings. The second-order valence-corrected chi connectivity index (χ2v) is 5.72. The molecule has 1 amide bonds. The number of benzene rings is 2. The topological polar surface area (TPSA) is 64.4 Å². The number of amides is 1. The number of halogens is 1. The van der Waals surface area contributed by atoms with Gasteiger partial charge in [0.05, 0.1) is 6.04 Å². The van der Waals surface area contributed by atoms with Crippen LogP contribution in [0.5, 0.6) is 5.75 Å². The van der Waals surface area contributed by atoms with E-state index < -0.39 is 6.04 Å². The summed E-state index contributed by atoms with van der Waals surface area (Å²) >= 11 is 0. The fourth-order valence-electron chi connectivity index (χ4n) is 2.64. The molecule has 0 radical (unpaired) electrons. The Bertz CT molecular complexity index is 673. The molecule has 2 aromatic carbocycles. The molecule has 0 saturated carbocycles. The molecule has 23 heavy (non-hydrogen) atoms. The van der Waals surface area contributed by atoms with E-state index in [1.54, 1.807) is 0 Å². The van der Waals surface area contributed by atoms with E-state index in [2.05, 4.69) is 5.32 Å². The number of para-hydroxylation sites is 1. The van der Waals surface area contributed by atoms with E-state index in [0.717, 1.165) is 28.9 Å². The highest BCUT2D eigenvalue weighted by Gasteiger charge is 2.24. The summed E-state index contributed by atoms with van der Waals surface area (Å²) in [7, 11) is 0. The van der Waals surface area contributed by atoms with Gasteiger partial charge in [-0.15, -0.1) is 12.4 Å². The van der Waals surface area contributed by atoms with Crippen molar-refractivity contribution >= 4 is 18.3 Å². The third kappa shape index (κ3) is 4.03. The molecule has 0 fully saturated rings. The zero-order valence-electron chi connectivity index (χ0n) is 13.0. The SMILES string of the molecule is Cc1ccc(C(N)C(=O)NC2COc3ccccc3C2)cc1.Cl. The third-order valence-corrected chi connectivity index (χ3v) is 3.94. The molecule has 2 atom stereocenters. The van der Waals surface area contributed by atoms with Crippen molar-refractivity contribution in [2.45, 2.75) is 25.4 Å². The summed E-state index contributed by atoms with van der Waals surface area (Å²) < 4.78 is 5.68. The highest BCUT2D eigenvalue weighted by molar-refractivity contribution is 5.85. The second kappa shape index (κ2) is 7.49. The van der Waals surface area contributed by atoms with E-state index in [9.17, 15) is 4.79 Å². The van der Waals surface area contributed by atoms with Crippen molar-refractivity contribution in [3.05, 3.63) is 65.2 Å². The number of carbonyl (C=O) groups is 1. The van der Waals surface area contributed by atoms with Gasteiger partial charge >= 0.3 is 0 Å². The summed E-state index contributed by atoms with van der Waals surface area (Å²) in [6, 6.07) is 14.9. The number of ether oxygens (including phenoxy) is 1. The number of nitrogens with two attached hydrogens (primary N) is 1. The molecule has 0 spiro atoms. The minimum atomic E-state index is -0.655. The molecule has 4 nitrogen and oxygen atoms in total. The quantitative estimate of drug-likeness (QED) is 0.907. The molecule has 0 aromatic heterocycles. The predicted molar refractivity (Wildman–Crippen MR) is 92.9 cm³/mol. The minimum absolute atomic E-state index is 0. The average molecular weight is 333 g/mol. The Hall–Kier alpha value is -2.04. The van der Waals surface area contributed by atoms with Gasteiger partial charge in [0.15, 0.2) is 0 Å². The Balaban J connectivity index is 0.00000192. The lowest BCUT2D eigenvalue weighted by Gasteiger charge is -2.27. The van der Waals surface area contributed by atoms with Crippen molar-refractivity contribution in [3.63, 3.8) is 0 Å². The van der Waals surface area contributed by atoms with Crippen molar-refractivity contribution in [2.24, 2.45) is 5.73 Å². The zero-order valence-corrected chi connectivity index (χ0v) is 13.8. The van der Waals surface area contributed by atoms with Gasteiger partial charge in [-0.25, -0.2) is 0 Å². The predicted octanol–water partition coefficient (Wildman–Crippen LogP) is 2.54. The second-order valence-electron chi connectivity index (χ2n) is 5.72. The van der Waals surface area contributed by atoms with Gasteiger partial charge < -0.3 is 15.8 Å². The maximum absolute atomic E-state index is 12.3. The van der Waals surface area contributed by atoms with Crippen molar-refractivity contribution in [2.75, 3.05) is 6.61 Å². The van der Waals surface area contributed by atoms with Crippen molar-refractivity contribution in [1.29, 1.82) is 0 Å². The molecule has 0 saturated heterocycles. The molecule has 0 bridgehead atoms. The minimum Gasteiger partial charge on any atom is -0.491 e. The highest BCUT2D eigenvalue weighted by atomic mass is 35.5. The first-order chi connectivity index (χ1) is 10.6. The van der Waals surface area contributed by atoms with Gasteiger partial charge in [-0.2, -0.15) is 0 Å². The lowest BCUT2D eigenvalue weighted by Crippen LogP contribution is -2.46. The van der Waals surface area contributed by atoms with E-state index in [-0.39, 0.29) is 24.4 Å². The average Bonchev–Trinajstić information content (AvgIpc) is 2.55. The Morgan fingerprint density at radius 3 is 2.65 bits per heavy atom. The van der Waals surface area contributed by atoms with Crippen molar-refractivity contribution < 1.29 is 9.53 Å². The maximum atomic E-state index is 12.3. The number of fused-ring (bicyclic) bond motifs is 1. The van der Waals surface area contributed by atoms with Crippen LogP contribution in [0.3, 0.4) is 0 Å². The van der Waals surface area contributed by atoms with Crippen LogP contribution in [0.25, 0.3) is 0 Å². The van der Waals surface area contributed by atoms with E-state index >= 15 is 0 Å². The summed E-state index contributed by atoms with van der Waals surface area (Å²) in [4.78, 5) is 12.3. The monoisotopic (exact) mass is 332 g/mol. The summed E-state index contributed by atoms with van der Waals surface area (Å²) in [6.45, 7) is 2.48. The van der Waals surface area contributed by atoms with Gasteiger partial charge in [0.2, 0.25) is 5.91 Å². The number of hydrogen-bond donors (Lipinski definition) is 2. The van der Waals surface area contributed by atoms with Gasteiger partial charge in [-0.3, -0.25) is 4.79 Å². The zero-order chi connectivity index (χ0) is 15.5. The number of carbonyl (C=O) groups excluding carboxylic acids is 1. The molecule has 2 unspecified atom stereocenters. The molecule has 0 aliphatic carbocycles. The van der Waals surface area contributed by atoms with Crippen LogP contribution >= 0.6 is 12.4 Å². The number of hydrogen-bond acceptors (Lipinski definition) is 3. The smallest absolute Gasteiger partial charge is 0.241 e. The molecule has 5 heteroatoms. The van der Waals surface area contributed by atoms with Gasteiger partial charge in [-0.05, 0) is 30.5 Å². The first-order valence-corrected chi connectivity index (χ1v) is 7.47. The standard InChI is InChI=1S/C18H20N2O2.ClH/c1-12-6-8-13(9-7-12)17(19)18(21)20-15-10-14-4-2-3-5-16(14)22-11-15;/h2-9,15,17H,10-11,19H2,1H3,(H,20,21);1H. The van der Waals surface area contributed by atoms with Crippen LogP contribution in [-0.4, -0.2) is 18.6 Å². The summed E-state index contributed by atoms with van der Waals surface area (Å²) in [5, 5.41) is 2.98. The fraction of sp³-hybridized carbons (Fsp3) is 0.278. The Labute approximate surface area is 142 Å². The summed E-state index contributed by atoms with van der Waals surface area (Å²) in [5.41, 5.74) is 9.13. The van der Waals surface area contributed by atoms with Gasteiger partial charge in [-0.1, -0.05) is 48.0 Å².